The molecule has 1 amide bonds. The number of benzene rings is 1. The van der Waals surface area contributed by atoms with Crippen molar-refractivity contribution < 1.29 is 22.7 Å². The zero-order chi connectivity index (χ0) is 16.5. The van der Waals surface area contributed by atoms with E-state index in [0.717, 1.165) is 18.9 Å². The molecule has 1 saturated carbocycles. The maximum absolute atomic E-state index is 12.2. The first-order valence-corrected chi connectivity index (χ1v) is 8.39. The molecule has 0 heterocycles. The molecular formula is C13H15ClN2O5S. The third kappa shape index (κ3) is 3.96. The lowest BCUT2D eigenvalue weighted by atomic mass is 10.2. The van der Waals surface area contributed by atoms with E-state index in [0.29, 0.717) is 0 Å². The summed E-state index contributed by atoms with van der Waals surface area (Å²) in [6.07, 6.45) is 0.427. The number of rotatable bonds is 6. The predicted octanol–water partition coefficient (Wildman–Crippen LogP) is 0.811. The molecule has 1 aromatic rings. The van der Waals surface area contributed by atoms with Gasteiger partial charge in [0, 0.05) is 6.04 Å². The Bertz CT molecular complexity index is 715. The van der Waals surface area contributed by atoms with Gasteiger partial charge >= 0.3 is 5.97 Å². The third-order valence-electron chi connectivity index (χ3n) is 3.04. The van der Waals surface area contributed by atoms with Crippen LogP contribution in [0.3, 0.4) is 0 Å². The SMILES string of the molecule is C[C@@H](OC(=O)c1ccc(Cl)c(S(=O)(=O)NC2CC2)c1)C(N)=O. The molecule has 0 unspecified atom stereocenters. The first-order chi connectivity index (χ1) is 10.2. The number of primary amides is 1. The molecule has 0 radical (unpaired) electrons. The molecule has 1 fully saturated rings. The summed E-state index contributed by atoms with van der Waals surface area (Å²) in [5, 5.41) is -0.00681. The van der Waals surface area contributed by atoms with Gasteiger partial charge in [0.1, 0.15) is 4.90 Å². The van der Waals surface area contributed by atoms with Crippen LogP contribution in [0.1, 0.15) is 30.1 Å². The monoisotopic (exact) mass is 346 g/mol. The van der Waals surface area contributed by atoms with E-state index in [1.165, 1.54) is 19.1 Å². The van der Waals surface area contributed by atoms with E-state index in [1.54, 1.807) is 0 Å². The molecule has 22 heavy (non-hydrogen) atoms. The number of hydrogen-bond donors (Lipinski definition) is 2. The van der Waals surface area contributed by atoms with E-state index >= 15 is 0 Å². The number of nitrogens with one attached hydrogen (secondary N) is 1. The second kappa shape index (κ2) is 6.23. The second-order valence-corrected chi connectivity index (χ2v) is 7.08. The Morgan fingerprint density at radius 1 is 1.41 bits per heavy atom. The van der Waals surface area contributed by atoms with Gasteiger partial charge in [-0.3, -0.25) is 4.79 Å². The number of nitrogens with two attached hydrogens (primary N) is 1. The Morgan fingerprint density at radius 2 is 2.05 bits per heavy atom. The van der Waals surface area contributed by atoms with Gasteiger partial charge in [-0.25, -0.2) is 17.9 Å². The van der Waals surface area contributed by atoms with Crippen molar-refractivity contribution in [2.45, 2.75) is 36.8 Å². The Hall–Kier alpha value is -1.64. The summed E-state index contributed by atoms with van der Waals surface area (Å²) < 4.78 is 31.7. The topological polar surface area (TPSA) is 116 Å². The maximum atomic E-state index is 12.2. The van der Waals surface area contributed by atoms with Gasteiger partial charge in [-0.05, 0) is 38.0 Å². The number of hydrogen-bond acceptors (Lipinski definition) is 5. The molecule has 1 aliphatic rings. The molecule has 3 N–H and O–H groups in total. The molecule has 0 aromatic heterocycles. The molecule has 2 rings (SSSR count). The van der Waals surface area contributed by atoms with Gasteiger partial charge in [-0.15, -0.1) is 0 Å². The minimum Gasteiger partial charge on any atom is -0.449 e. The first-order valence-electron chi connectivity index (χ1n) is 6.53. The molecule has 0 bridgehead atoms. The highest BCUT2D eigenvalue weighted by Gasteiger charge is 2.30. The fraction of sp³-hybridized carbons (Fsp3) is 0.385. The van der Waals surface area contributed by atoms with E-state index in [1.807, 2.05) is 0 Å². The molecule has 0 aliphatic heterocycles. The van der Waals surface area contributed by atoms with Crippen LogP contribution in [0.2, 0.25) is 5.02 Å². The summed E-state index contributed by atoms with van der Waals surface area (Å²) in [4.78, 5) is 22.6. The standard InChI is InChI=1S/C13H15ClN2O5S/c1-7(12(15)17)21-13(18)8-2-5-10(14)11(6-8)22(19,20)16-9-3-4-9/h2,5-7,9,16H,3-4H2,1H3,(H2,15,17)/t7-/m1/s1. The molecule has 1 atom stereocenters. The van der Waals surface area contributed by atoms with E-state index in [4.69, 9.17) is 22.1 Å². The molecule has 0 spiro atoms. The highest BCUT2D eigenvalue weighted by molar-refractivity contribution is 7.89. The highest BCUT2D eigenvalue weighted by Crippen LogP contribution is 2.27. The molecule has 0 saturated heterocycles. The first kappa shape index (κ1) is 16.7. The normalized spacial score (nSPS) is 16.1. The van der Waals surface area contributed by atoms with Crippen molar-refractivity contribution in [2.24, 2.45) is 5.73 Å². The van der Waals surface area contributed by atoms with Crippen LogP contribution in [0.25, 0.3) is 0 Å². The highest BCUT2D eigenvalue weighted by atomic mass is 35.5. The molecule has 9 heteroatoms. The van der Waals surface area contributed by atoms with Crippen LogP contribution in [0.4, 0.5) is 0 Å². The zero-order valence-corrected chi connectivity index (χ0v) is 13.3. The van der Waals surface area contributed by atoms with E-state index in [2.05, 4.69) is 4.72 Å². The van der Waals surface area contributed by atoms with Gasteiger partial charge in [-0.1, -0.05) is 11.6 Å². The van der Waals surface area contributed by atoms with E-state index in [9.17, 15) is 18.0 Å². The van der Waals surface area contributed by atoms with Gasteiger partial charge in [-0.2, -0.15) is 0 Å². The number of ether oxygens (including phenoxy) is 1. The van der Waals surface area contributed by atoms with Gasteiger partial charge in [0.05, 0.1) is 10.6 Å². The van der Waals surface area contributed by atoms with Crippen LogP contribution in [0, 0.1) is 0 Å². The van der Waals surface area contributed by atoms with Crippen molar-refractivity contribution in [3.8, 4) is 0 Å². The molecular weight excluding hydrogens is 332 g/mol. The van der Waals surface area contributed by atoms with E-state index < -0.39 is 28.0 Å². The lowest BCUT2D eigenvalue weighted by Gasteiger charge is -2.12. The minimum atomic E-state index is -3.81. The Balaban J connectivity index is 2.26. The van der Waals surface area contributed by atoms with Gasteiger partial charge in [0.2, 0.25) is 10.0 Å². The summed E-state index contributed by atoms with van der Waals surface area (Å²) in [5.41, 5.74) is 4.97. The Morgan fingerprint density at radius 3 is 2.59 bits per heavy atom. The van der Waals surface area contributed by atoms with Gasteiger partial charge in [0.25, 0.3) is 5.91 Å². The number of halogens is 1. The van der Waals surface area contributed by atoms with Gasteiger partial charge < -0.3 is 10.5 Å². The summed E-state index contributed by atoms with van der Waals surface area (Å²) in [7, 11) is -3.81. The zero-order valence-electron chi connectivity index (χ0n) is 11.7. The summed E-state index contributed by atoms with van der Waals surface area (Å²) in [6.45, 7) is 1.32. The van der Waals surface area contributed by atoms with Crippen LogP contribution in [-0.4, -0.2) is 32.4 Å². The van der Waals surface area contributed by atoms with Crippen LogP contribution in [-0.2, 0) is 19.6 Å². The van der Waals surface area contributed by atoms with Crippen LogP contribution in [0.15, 0.2) is 23.1 Å². The number of amides is 1. The van der Waals surface area contributed by atoms with Gasteiger partial charge in [0.15, 0.2) is 6.10 Å². The minimum absolute atomic E-state index is 0.00681. The Kier molecular flexibility index (Phi) is 4.74. The van der Waals surface area contributed by atoms with E-state index in [-0.39, 0.29) is 21.5 Å². The largest absolute Gasteiger partial charge is 0.449 e. The van der Waals surface area contributed by atoms with Crippen molar-refractivity contribution >= 4 is 33.5 Å². The van der Waals surface area contributed by atoms with Crippen molar-refractivity contribution in [2.75, 3.05) is 0 Å². The van der Waals surface area contributed by atoms with Crippen molar-refractivity contribution in [3.05, 3.63) is 28.8 Å². The van der Waals surface area contributed by atoms with Crippen LogP contribution in [0.5, 0.6) is 0 Å². The van der Waals surface area contributed by atoms with Crippen molar-refractivity contribution in [1.29, 1.82) is 0 Å². The molecule has 1 aromatic carbocycles. The average Bonchev–Trinajstić information content (AvgIpc) is 3.21. The number of sulfonamides is 1. The molecule has 7 nitrogen and oxygen atoms in total. The van der Waals surface area contributed by atoms with Crippen LogP contribution < -0.4 is 10.5 Å². The smallest absolute Gasteiger partial charge is 0.338 e. The van der Waals surface area contributed by atoms with Crippen LogP contribution >= 0.6 is 11.6 Å². The summed E-state index contributed by atoms with van der Waals surface area (Å²) in [6, 6.07) is 3.62. The number of carbonyl (C=O) groups is 2. The fourth-order valence-electron chi connectivity index (χ4n) is 1.61. The van der Waals surface area contributed by atoms with Crippen molar-refractivity contribution in [3.63, 3.8) is 0 Å². The lowest BCUT2D eigenvalue weighted by molar-refractivity contribution is -0.125. The number of esters is 1. The number of carbonyl (C=O) groups excluding carboxylic acids is 2. The summed E-state index contributed by atoms with van der Waals surface area (Å²) in [5.74, 6) is -1.66. The third-order valence-corrected chi connectivity index (χ3v) is 5.04. The average molecular weight is 347 g/mol. The summed E-state index contributed by atoms with van der Waals surface area (Å²) >= 11 is 5.90. The van der Waals surface area contributed by atoms with Crippen molar-refractivity contribution in [1.82, 2.24) is 4.72 Å². The predicted molar refractivity (Wildman–Crippen MR) is 78.9 cm³/mol. The molecule has 120 valence electrons. The second-order valence-electron chi connectivity index (χ2n) is 4.99. The lowest BCUT2D eigenvalue weighted by Crippen LogP contribution is -2.30. The Labute approximate surface area is 132 Å². The quantitative estimate of drug-likeness (QED) is 0.739. The fourth-order valence-corrected chi connectivity index (χ4v) is 3.44. The molecule has 1 aliphatic carbocycles. The maximum Gasteiger partial charge on any atom is 0.338 e.